The Hall–Kier alpha value is -2.44. The first-order valence-electron chi connectivity index (χ1n) is 6.80. The standard InChI is InChI=1S/C15H22N2O5/c1-6-22-14(18)13(16-15(19)21-5)11-8-7-10(17(2)3)9-12(11)20-4/h7-9,13H,6H2,1-5H3,(H,16,19). The number of nitrogens with zero attached hydrogens (tertiary/aromatic N) is 1. The molecule has 122 valence electrons. The molecule has 0 saturated heterocycles. The molecule has 1 rings (SSSR count). The molecule has 0 saturated carbocycles. The number of benzene rings is 1. The van der Waals surface area contributed by atoms with E-state index in [1.54, 1.807) is 19.1 Å². The van der Waals surface area contributed by atoms with Crippen molar-refractivity contribution in [1.29, 1.82) is 0 Å². The summed E-state index contributed by atoms with van der Waals surface area (Å²) in [5, 5.41) is 2.46. The van der Waals surface area contributed by atoms with E-state index >= 15 is 0 Å². The minimum absolute atomic E-state index is 0.205. The largest absolute Gasteiger partial charge is 0.496 e. The van der Waals surface area contributed by atoms with E-state index in [0.717, 1.165) is 5.69 Å². The number of hydrogen-bond donors (Lipinski definition) is 1. The Morgan fingerprint density at radius 2 is 1.95 bits per heavy atom. The van der Waals surface area contributed by atoms with Crippen LogP contribution in [0.15, 0.2) is 18.2 Å². The van der Waals surface area contributed by atoms with Gasteiger partial charge in [-0.25, -0.2) is 9.59 Å². The lowest BCUT2D eigenvalue weighted by Crippen LogP contribution is -2.35. The first kappa shape index (κ1) is 17.6. The summed E-state index contributed by atoms with van der Waals surface area (Å²) < 4.78 is 14.9. The Morgan fingerprint density at radius 1 is 1.27 bits per heavy atom. The van der Waals surface area contributed by atoms with Crippen LogP contribution in [0.3, 0.4) is 0 Å². The number of carbonyl (C=O) groups excluding carboxylic acids is 2. The molecule has 7 nitrogen and oxygen atoms in total. The summed E-state index contributed by atoms with van der Waals surface area (Å²) in [5.41, 5.74) is 1.40. The molecule has 0 aromatic heterocycles. The predicted octanol–water partition coefficient (Wildman–Crippen LogP) is 1.72. The average molecular weight is 310 g/mol. The van der Waals surface area contributed by atoms with Crippen LogP contribution in [0, 0.1) is 0 Å². The number of nitrogens with one attached hydrogen (secondary N) is 1. The van der Waals surface area contributed by atoms with E-state index in [9.17, 15) is 9.59 Å². The lowest BCUT2D eigenvalue weighted by Gasteiger charge is -2.21. The number of rotatable bonds is 6. The van der Waals surface area contributed by atoms with Gasteiger partial charge in [-0.05, 0) is 13.0 Å². The quantitative estimate of drug-likeness (QED) is 0.806. The van der Waals surface area contributed by atoms with Crippen LogP contribution in [0.4, 0.5) is 10.5 Å². The van der Waals surface area contributed by atoms with Crippen LogP contribution in [0.2, 0.25) is 0 Å². The van der Waals surface area contributed by atoms with Crippen molar-refractivity contribution in [1.82, 2.24) is 5.32 Å². The van der Waals surface area contributed by atoms with Gasteiger partial charge in [0, 0.05) is 31.4 Å². The minimum atomic E-state index is -1.00. The zero-order chi connectivity index (χ0) is 16.7. The third-order valence-corrected chi connectivity index (χ3v) is 3.01. The van der Waals surface area contributed by atoms with Gasteiger partial charge in [-0.3, -0.25) is 0 Å². The van der Waals surface area contributed by atoms with Gasteiger partial charge in [0.25, 0.3) is 0 Å². The van der Waals surface area contributed by atoms with Crippen molar-refractivity contribution in [3.8, 4) is 5.75 Å². The maximum atomic E-state index is 12.1. The molecule has 1 N–H and O–H groups in total. The number of ether oxygens (including phenoxy) is 3. The van der Waals surface area contributed by atoms with E-state index in [1.165, 1.54) is 14.2 Å². The fraction of sp³-hybridized carbons (Fsp3) is 0.467. The summed E-state index contributed by atoms with van der Waals surface area (Å²) in [6.45, 7) is 1.90. The first-order valence-corrected chi connectivity index (χ1v) is 6.80. The summed E-state index contributed by atoms with van der Waals surface area (Å²) >= 11 is 0. The van der Waals surface area contributed by atoms with Crippen LogP contribution in [0.1, 0.15) is 18.5 Å². The van der Waals surface area contributed by atoms with Gasteiger partial charge >= 0.3 is 12.1 Å². The Balaban J connectivity index is 3.22. The molecule has 0 aliphatic heterocycles. The second kappa shape index (κ2) is 8.11. The highest BCUT2D eigenvalue weighted by Crippen LogP contribution is 2.30. The van der Waals surface area contributed by atoms with Crippen LogP contribution in [0.25, 0.3) is 0 Å². The molecular formula is C15H22N2O5. The molecule has 0 heterocycles. The normalized spacial score (nSPS) is 11.3. The Labute approximate surface area is 130 Å². The number of hydrogen-bond acceptors (Lipinski definition) is 6. The Morgan fingerprint density at radius 3 is 2.45 bits per heavy atom. The lowest BCUT2D eigenvalue weighted by atomic mass is 10.0. The second-order valence-corrected chi connectivity index (χ2v) is 4.64. The van der Waals surface area contributed by atoms with Crippen molar-refractivity contribution in [2.45, 2.75) is 13.0 Å². The molecule has 1 amide bonds. The van der Waals surface area contributed by atoms with Crippen LogP contribution >= 0.6 is 0 Å². The summed E-state index contributed by atoms with van der Waals surface area (Å²) in [5.74, 6) is -0.107. The zero-order valence-corrected chi connectivity index (χ0v) is 13.5. The van der Waals surface area contributed by atoms with E-state index in [0.29, 0.717) is 11.3 Å². The van der Waals surface area contributed by atoms with Crippen molar-refractivity contribution in [3.63, 3.8) is 0 Å². The number of methoxy groups -OCH3 is 2. The molecule has 1 aromatic rings. The minimum Gasteiger partial charge on any atom is -0.496 e. The summed E-state index contributed by atoms with van der Waals surface area (Å²) in [6, 6.07) is 4.31. The van der Waals surface area contributed by atoms with Crippen molar-refractivity contribution in [2.24, 2.45) is 0 Å². The maximum absolute atomic E-state index is 12.1. The van der Waals surface area contributed by atoms with Gasteiger partial charge in [0.2, 0.25) is 0 Å². The molecule has 1 unspecified atom stereocenters. The first-order chi connectivity index (χ1) is 10.4. The highest BCUT2D eigenvalue weighted by atomic mass is 16.5. The second-order valence-electron chi connectivity index (χ2n) is 4.64. The van der Waals surface area contributed by atoms with Gasteiger partial charge in [0.1, 0.15) is 5.75 Å². The van der Waals surface area contributed by atoms with Gasteiger partial charge in [-0.15, -0.1) is 0 Å². The van der Waals surface area contributed by atoms with E-state index in [4.69, 9.17) is 9.47 Å². The van der Waals surface area contributed by atoms with E-state index in [2.05, 4.69) is 10.1 Å². The highest BCUT2D eigenvalue weighted by molar-refractivity contribution is 5.83. The predicted molar refractivity (Wildman–Crippen MR) is 82.2 cm³/mol. The van der Waals surface area contributed by atoms with E-state index in [1.807, 2.05) is 25.1 Å². The van der Waals surface area contributed by atoms with Crippen LogP contribution in [0.5, 0.6) is 5.75 Å². The zero-order valence-electron chi connectivity index (χ0n) is 13.5. The van der Waals surface area contributed by atoms with Crippen molar-refractivity contribution in [3.05, 3.63) is 23.8 Å². The molecule has 22 heavy (non-hydrogen) atoms. The van der Waals surface area contributed by atoms with E-state index < -0.39 is 18.1 Å². The molecule has 0 radical (unpaired) electrons. The SMILES string of the molecule is CCOC(=O)C(NC(=O)OC)c1ccc(N(C)C)cc1OC. The number of esters is 1. The smallest absolute Gasteiger partial charge is 0.407 e. The number of carbonyl (C=O) groups is 2. The lowest BCUT2D eigenvalue weighted by molar-refractivity contribution is -0.145. The Kier molecular flexibility index (Phi) is 6.49. The molecule has 0 aliphatic carbocycles. The molecule has 7 heteroatoms. The van der Waals surface area contributed by atoms with Gasteiger partial charge in [0.05, 0.1) is 20.8 Å². The molecule has 1 aromatic carbocycles. The van der Waals surface area contributed by atoms with Crippen LogP contribution < -0.4 is 15.0 Å². The van der Waals surface area contributed by atoms with Gasteiger partial charge in [-0.1, -0.05) is 6.07 Å². The summed E-state index contributed by atoms with van der Waals surface area (Å²) in [7, 11) is 6.51. The van der Waals surface area contributed by atoms with Crippen LogP contribution in [-0.4, -0.2) is 47.0 Å². The third kappa shape index (κ3) is 4.28. The number of amides is 1. The monoisotopic (exact) mass is 310 g/mol. The molecule has 0 spiro atoms. The van der Waals surface area contributed by atoms with Gasteiger partial charge in [-0.2, -0.15) is 0 Å². The van der Waals surface area contributed by atoms with Crippen molar-refractivity contribution in [2.75, 3.05) is 39.8 Å². The molecule has 0 bridgehead atoms. The fourth-order valence-electron chi connectivity index (χ4n) is 1.88. The molecule has 0 aliphatic rings. The molecule has 0 fully saturated rings. The van der Waals surface area contributed by atoms with Crippen LogP contribution in [-0.2, 0) is 14.3 Å². The number of anilines is 1. The summed E-state index contributed by atoms with van der Waals surface area (Å²) in [6.07, 6.45) is -0.725. The van der Waals surface area contributed by atoms with Gasteiger partial charge in [0.15, 0.2) is 6.04 Å². The van der Waals surface area contributed by atoms with Gasteiger partial charge < -0.3 is 24.4 Å². The molecular weight excluding hydrogens is 288 g/mol. The van der Waals surface area contributed by atoms with E-state index in [-0.39, 0.29) is 6.61 Å². The molecule has 1 atom stereocenters. The van der Waals surface area contributed by atoms with Crippen molar-refractivity contribution >= 4 is 17.7 Å². The Bertz CT molecular complexity index is 531. The number of alkyl carbamates (subject to hydrolysis) is 1. The fourth-order valence-corrected chi connectivity index (χ4v) is 1.88. The summed E-state index contributed by atoms with van der Waals surface area (Å²) in [4.78, 5) is 25.5. The average Bonchev–Trinajstić information content (AvgIpc) is 2.51. The third-order valence-electron chi connectivity index (χ3n) is 3.01. The maximum Gasteiger partial charge on any atom is 0.407 e. The van der Waals surface area contributed by atoms with Crippen molar-refractivity contribution < 1.29 is 23.8 Å². The topological polar surface area (TPSA) is 77.1 Å². The highest BCUT2D eigenvalue weighted by Gasteiger charge is 2.27.